The molecule has 2 heterocycles. The van der Waals surface area contributed by atoms with Crippen LogP contribution in [0, 0.1) is 11.3 Å². The van der Waals surface area contributed by atoms with E-state index in [0.29, 0.717) is 17.4 Å². The molecule has 0 aromatic heterocycles. The third-order valence-corrected chi connectivity index (χ3v) is 4.08. The Morgan fingerprint density at radius 3 is 3.20 bits per heavy atom. The molecule has 0 saturated carbocycles. The average molecular weight is 273 g/mol. The lowest BCUT2D eigenvalue weighted by Gasteiger charge is -2.42. The number of nitrogens with zero attached hydrogens (tertiary/aromatic N) is 2. The molecule has 2 aliphatic rings. The molecule has 0 unspecified atom stereocenters. The van der Waals surface area contributed by atoms with Gasteiger partial charge in [-0.2, -0.15) is 5.26 Å². The minimum Gasteiger partial charge on any atom is -0.495 e. The van der Waals surface area contributed by atoms with Crippen LogP contribution in [0.1, 0.15) is 17.2 Å². The molecule has 2 aliphatic heterocycles. The Labute approximate surface area is 119 Å². The van der Waals surface area contributed by atoms with Crippen LogP contribution < -0.4 is 10.1 Å². The second kappa shape index (κ2) is 5.80. The zero-order valence-corrected chi connectivity index (χ0v) is 11.6. The van der Waals surface area contributed by atoms with Gasteiger partial charge in [-0.15, -0.1) is 0 Å². The Morgan fingerprint density at radius 1 is 1.50 bits per heavy atom. The molecule has 0 aliphatic carbocycles. The minimum atomic E-state index is 0.0611. The summed E-state index contributed by atoms with van der Waals surface area (Å²) < 4.78 is 11.3. The number of benzene rings is 1. The standard InChI is InChI=1S/C15H19N3O2/c1-19-14-6-11(2-3-12(14)7-16)15-9-18-5-4-17-8-13(18)10-20-15/h2-3,6,13,15,17H,4-5,8-10H2,1H3/t13-,15+/m0/s1. The zero-order chi connectivity index (χ0) is 13.9. The van der Waals surface area contributed by atoms with Crippen molar-refractivity contribution in [2.45, 2.75) is 12.1 Å². The lowest BCUT2D eigenvalue weighted by atomic mass is 10.0. The molecule has 2 saturated heterocycles. The smallest absolute Gasteiger partial charge is 0.136 e. The molecule has 0 bridgehead atoms. The van der Waals surface area contributed by atoms with E-state index in [-0.39, 0.29) is 6.10 Å². The van der Waals surface area contributed by atoms with Gasteiger partial charge in [0.2, 0.25) is 0 Å². The predicted molar refractivity (Wildman–Crippen MR) is 74.6 cm³/mol. The molecule has 1 aromatic rings. The highest BCUT2D eigenvalue weighted by Gasteiger charge is 2.31. The summed E-state index contributed by atoms with van der Waals surface area (Å²) in [6.07, 6.45) is 0.0611. The Bertz CT molecular complexity index is 526. The number of nitriles is 1. The molecular formula is C15H19N3O2. The van der Waals surface area contributed by atoms with Crippen molar-refractivity contribution in [3.63, 3.8) is 0 Å². The summed E-state index contributed by atoms with van der Waals surface area (Å²) in [5.74, 6) is 0.621. The van der Waals surface area contributed by atoms with Crippen molar-refractivity contribution in [2.24, 2.45) is 0 Å². The second-order valence-corrected chi connectivity index (χ2v) is 5.25. The van der Waals surface area contributed by atoms with Gasteiger partial charge in [0.1, 0.15) is 11.8 Å². The summed E-state index contributed by atoms with van der Waals surface area (Å²) in [4.78, 5) is 2.48. The van der Waals surface area contributed by atoms with E-state index in [1.165, 1.54) is 0 Å². The quantitative estimate of drug-likeness (QED) is 0.868. The largest absolute Gasteiger partial charge is 0.495 e. The van der Waals surface area contributed by atoms with Gasteiger partial charge in [0.05, 0.1) is 25.4 Å². The number of ether oxygens (including phenoxy) is 2. The van der Waals surface area contributed by atoms with Crippen LogP contribution in [-0.2, 0) is 4.74 Å². The molecule has 2 fully saturated rings. The maximum atomic E-state index is 9.03. The first-order valence-electron chi connectivity index (χ1n) is 6.96. The van der Waals surface area contributed by atoms with Gasteiger partial charge in [0.15, 0.2) is 0 Å². The molecule has 20 heavy (non-hydrogen) atoms. The minimum absolute atomic E-state index is 0.0611. The van der Waals surface area contributed by atoms with Crippen LogP contribution in [0.4, 0.5) is 0 Å². The van der Waals surface area contributed by atoms with Crippen LogP contribution >= 0.6 is 0 Å². The highest BCUT2D eigenvalue weighted by molar-refractivity contribution is 5.45. The fraction of sp³-hybridized carbons (Fsp3) is 0.533. The Kier molecular flexibility index (Phi) is 3.88. The number of hydrogen-bond donors (Lipinski definition) is 1. The normalized spacial score (nSPS) is 26.6. The van der Waals surface area contributed by atoms with Gasteiger partial charge >= 0.3 is 0 Å². The maximum Gasteiger partial charge on any atom is 0.136 e. The van der Waals surface area contributed by atoms with Gasteiger partial charge in [-0.3, -0.25) is 4.90 Å². The van der Waals surface area contributed by atoms with Crippen molar-refractivity contribution in [2.75, 3.05) is 39.9 Å². The number of fused-ring (bicyclic) bond motifs is 1. The summed E-state index contributed by atoms with van der Waals surface area (Å²) in [6, 6.07) is 8.32. The molecule has 106 valence electrons. The summed E-state index contributed by atoms with van der Waals surface area (Å²) in [7, 11) is 1.59. The lowest BCUT2D eigenvalue weighted by Crippen LogP contribution is -2.57. The van der Waals surface area contributed by atoms with Crippen molar-refractivity contribution in [1.29, 1.82) is 5.26 Å². The van der Waals surface area contributed by atoms with Crippen LogP contribution in [0.2, 0.25) is 0 Å². The van der Waals surface area contributed by atoms with Gasteiger partial charge < -0.3 is 14.8 Å². The molecule has 5 heteroatoms. The molecule has 3 rings (SSSR count). The number of piperazine rings is 1. The van der Waals surface area contributed by atoms with E-state index in [0.717, 1.165) is 38.3 Å². The highest BCUT2D eigenvalue weighted by atomic mass is 16.5. The van der Waals surface area contributed by atoms with Crippen LogP contribution in [0.15, 0.2) is 18.2 Å². The predicted octanol–water partition coefficient (Wildman–Crippen LogP) is 0.912. The third kappa shape index (κ3) is 2.50. The van der Waals surface area contributed by atoms with Gasteiger partial charge in [-0.25, -0.2) is 0 Å². The van der Waals surface area contributed by atoms with E-state index >= 15 is 0 Å². The Balaban J connectivity index is 1.78. The second-order valence-electron chi connectivity index (χ2n) is 5.25. The molecule has 1 aromatic carbocycles. The summed E-state index contributed by atoms with van der Waals surface area (Å²) in [5, 5.41) is 12.4. The summed E-state index contributed by atoms with van der Waals surface area (Å²) in [5.41, 5.74) is 1.64. The topological polar surface area (TPSA) is 57.5 Å². The van der Waals surface area contributed by atoms with Crippen LogP contribution in [0.3, 0.4) is 0 Å². The molecule has 0 radical (unpaired) electrons. The van der Waals surface area contributed by atoms with E-state index < -0.39 is 0 Å². The van der Waals surface area contributed by atoms with Crippen molar-refractivity contribution in [1.82, 2.24) is 10.2 Å². The Hall–Kier alpha value is -1.61. The zero-order valence-electron chi connectivity index (χ0n) is 11.6. The maximum absolute atomic E-state index is 9.03. The van der Waals surface area contributed by atoms with E-state index in [2.05, 4.69) is 16.3 Å². The summed E-state index contributed by atoms with van der Waals surface area (Å²) in [6.45, 7) is 4.77. The molecule has 5 nitrogen and oxygen atoms in total. The van der Waals surface area contributed by atoms with E-state index in [9.17, 15) is 0 Å². The van der Waals surface area contributed by atoms with Crippen molar-refractivity contribution in [3.8, 4) is 11.8 Å². The third-order valence-electron chi connectivity index (χ3n) is 4.08. The lowest BCUT2D eigenvalue weighted by molar-refractivity contribution is -0.0718. The van der Waals surface area contributed by atoms with E-state index in [1.807, 2.05) is 12.1 Å². The van der Waals surface area contributed by atoms with Gasteiger partial charge in [0, 0.05) is 32.2 Å². The van der Waals surface area contributed by atoms with Crippen LogP contribution in [0.25, 0.3) is 0 Å². The first-order valence-corrected chi connectivity index (χ1v) is 6.96. The number of morpholine rings is 1. The fourth-order valence-electron chi connectivity index (χ4n) is 2.90. The Morgan fingerprint density at radius 2 is 2.40 bits per heavy atom. The molecule has 0 spiro atoms. The average Bonchev–Trinajstić information content (AvgIpc) is 2.53. The number of rotatable bonds is 2. The van der Waals surface area contributed by atoms with Crippen molar-refractivity contribution < 1.29 is 9.47 Å². The number of methoxy groups -OCH3 is 1. The van der Waals surface area contributed by atoms with Crippen LogP contribution in [-0.4, -0.2) is 50.8 Å². The molecule has 2 atom stereocenters. The number of nitrogens with one attached hydrogen (secondary N) is 1. The molecule has 1 N–H and O–H groups in total. The monoisotopic (exact) mass is 273 g/mol. The van der Waals surface area contributed by atoms with Gasteiger partial charge in [0.25, 0.3) is 0 Å². The van der Waals surface area contributed by atoms with Crippen molar-refractivity contribution >= 4 is 0 Å². The number of hydrogen-bond acceptors (Lipinski definition) is 5. The first kappa shape index (κ1) is 13.4. The van der Waals surface area contributed by atoms with Crippen molar-refractivity contribution in [3.05, 3.63) is 29.3 Å². The molecule has 0 amide bonds. The van der Waals surface area contributed by atoms with Crippen LogP contribution in [0.5, 0.6) is 5.75 Å². The first-order chi connectivity index (χ1) is 9.81. The SMILES string of the molecule is COc1cc([C@H]2CN3CCNC[C@H]3CO2)ccc1C#N. The highest BCUT2D eigenvalue weighted by Crippen LogP contribution is 2.29. The van der Waals surface area contributed by atoms with Gasteiger partial charge in [-0.1, -0.05) is 6.07 Å². The molecular weight excluding hydrogens is 254 g/mol. The fourth-order valence-corrected chi connectivity index (χ4v) is 2.90. The van der Waals surface area contributed by atoms with Gasteiger partial charge in [-0.05, 0) is 17.7 Å². The summed E-state index contributed by atoms with van der Waals surface area (Å²) >= 11 is 0. The van der Waals surface area contributed by atoms with E-state index in [4.69, 9.17) is 14.7 Å². The van der Waals surface area contributed by atoms with E-state index in [1.54, 1.807) is 13.2 Å².